The van der Waals surface area contributed by atoms with Crippen molar-refractivity contribution in [2.75, 3.05) is 30.4 Å². The minimum absolute atomic E-state index is 0.0480. The highest BCUT2D eigenvalue weighted by Gasteiger charge is 2.18. The lowest BCUT2D eigenvalue weighted by atomic mass is 10.2. The van der Waals surface area contributed by atoms with Gasteiger partial charge in [-0.3, -0.25) is 0 Å². The summed E-state index contributed by atoms with van der Waals surface area (Å²) in [5, 5.41) is 4.94. The molecule has 1 saturated heterocycles. The highest BCUT2D eigenvalue weighted by atomic mass is 32.1. The lowest BCUT2D eigenvalue weighted by molar-refractivity contribution is 0.209. The van der Waals surface area contributed by atoms with E-state index < -0.39 is 0 Å². The third-order valence-electron chi connectivity index (χ3n) is 4.29. The van der Waals surface area contributed by atoms with Gasteiger partial charge in [-0.25, -0.2) is 9.78 Å². The fourth-order valence-corrected chi connectivity index (χ4v) is 3.53. The van der Waals surface area contributed by atoms with Gasteiger partial charge in [-0.2, -0.15) is 0 Å². The van der Waals surface area contributed by atoms with Gasteiger partial charge in [-0.1, -0.05) is 6.07 Å². The molecule has 3 rings (SSSR count). The van der Waals surface area contributed by atoms with E-state index in [1.807, 2.05) is 43.6 Å². The second kappa shape index (κ2) is 7.00. The Hall–Kier alpha value is -2.08. The van der Waals surface area contributed by atoms with Gasteiger partial charge in [0.1, 0.15) is 5.82 Å². The highest BCUT2D eigenvalue weighted by Crippen LogP contribution is 2.24. The van der Waals surface area contributed by atoms with Gasteiger partial charge in [0, 0.05) is 25.0 Å². The Morgan fingerprint density at radius 2 is 2.13 bits per heavy atom. The maximum Gasteiger partial charge on any atom is 0.322 e. The normalized spacial score (nSPS) is 15.5. The van der Waals surface area contributed by atoms with E-state index >= 15 is 0 Å². The number of nitrogens with zero attached hydrogens (tertiary/aromatic N) is 3. The number of nitrogens with one attached hydrogen (secondary N) is 1. The molecule has 1 aliphatic heterocycles. The minimum Gasteiger partial charge on any atom is -0.357 e. The largest absolute Gasteiger partial charge is 0.357 e. The predicted molar refractivity (Wildman–Crippen MR) is 95.2 cm³/mol. The summed E-state index contributed by atoms with van der Waals surface area (Å²) in [5.74, 6) is 0.987. The number of thiophene rings is 1. The molecule has 1 N–H and O–H groups in total. The summed E-state index contributed by atoms with van der Waals surface area (Å²) in [6.45, 7) is 4.17. The van der Waals surface area contributed by atoms with Crippen molar-refractivity contribution >= 4 is 28.9 Å². The number of amides is 2. The lowest BCUT2D eigenvalue weighted by Gasteiger charge is -2.24. The number of aromatic nitrogens is 1. The molecule has 6 heteroatoms. The van der Waals surface area contributed by atoms with Crippen molar-refractivity contribution in [3.05, 3.63) is 40.7 Å². The molecule has 122 valence electrons. The van der Waals surface area contributed by atoms with Crippen molar-refractivity contribution in [1.29, 1.82) is 0 Å². The van der Waals surface area contributed by atoms with Crippen molar-refractivity contribution in [3.63, 3.8) is 0 Å². The number of urea groups is 1. The molecule has 0 bridgehead atoms. The van der Waals surface area contributed by atoms with Gasteiger partial charge in [0.15, 0.2) is 0 Å². The first-order valence-electron chi connectivity index (χ1n) is 7.93. The number of carbonyl (C=O) groups is 1. The first-order valence-corrected chi connectivity index (χ1v) is 8.81. The maximum atomic E-state index is 12.4. The Labute approximate surface area is 140 Å². The zero-order chi connectivity index (χ0) is 16.2. The lowest BCUT2D eigenvalue weighted by Crippen LogP contribution is -2.33. The van der Waals surface area contributed by atoms with Crippen LogP contribution >= 0.6 is 11.3 Å². The maximum absolute atomic E-state index is 12.4. The number of pyridine rings is 1. The van der Waals surface area contributed by atoms with Crippen molar-refractivity contribution in [2.45, 2.75) is 25.8 Å². The van der Waals surface area contributed by atoms with Gasteiger partial charge in [-0.05, 0) is 43.3 Å². The molecule has 2 amide bonds. The summed E-state index contributed by atoms with van der Waals surface area (Å²) < 4.78 is 0. The van der Waals surface area contributed by atoms with Gasteiger partial charge in [0.25, 0.3) is 0 Å². The summed E-state index contributed by atoms with van der Waals surface area (Å²) in [6, 6.07) is 7.87. The Morgan fingerprint density at radius 3 is 2.74 bits per heavy atom. The summed E-state index contributed by atoms with van der Waals surface area (Å²) in [5.41, 5.74) is 0.725. The molecule has 23 heavy (non-hydrogen) atoms. The van der Waals surface area contributed by atoms with E-state index in [-0.39, 0.29) is 12.1 Å². The molecular weight excluding hydrogens is 308 g/mol. The van der Waals surface area contributed by atoms with Gasteiger partial charge in [-0.15, -0.1) is 11.3 Å². The molecule has 0 spiro atoms. The van der Waals surface area contributed by atoms with Crippen LogP contribution in [-0.4, -0.2) is 36.1 Å². The van der Waals surface area contributed by atoms with Gasteiger partial charge in [0.05, 0.1) is 17.9 Å². The standard InChI is InChI=1S/C17H22N4OS/c1-13(15-6-5-11-23-15)20(2)17(22)19-14-7-8-16(18-12-14)21-9-3-4-10-21/h5-8,11-13H,3-4,9-10H2,1-2H3,(H,19,22)/t13-/m0/s1. The molecule has 1 fully saturated rings. The average molecular weight is 330 g/mol. The van der Waals surface area contributed by atoms with Crippen molar-refractivity contribution in [1.82, 2.24) is 9.88 Å². The van der Waals surface area contributed by atoms with Crippen molar-refractivity contribution in [3.8, 4) is 0 Å². The summed E-state index contributed by atoms with van der Waals surface area (Å²) in [7, 11) is 1.81. The van der Waals surface area contributed by atoms with Crippen molar-refractivity contribution in [2.24, 2.45) is 0 Å². The molecule has 0 saturated carbocycles. The van der Waals surface area contributed by atoms with Crippen LogP contribution in [0.1, 0.15) is 30.7 Å². The molecule has 1 aliphatic rings. The fraction of sp³-hybridized carbons (Fsp3) is 0.412. The van der Waals surface area contributed by atoms with E-state index in [9.17, 15) is 4.79 Å². The second-order valence-electron chi connectivity index (χ2n) is 5.83. The Bertz CT molecular complexity index is 635. The van der Waals surface area contributed by atoms with Crippen LogP contribution in [0.4, 0.5) is 16.3 Å². The monoisotopic (exact) mass is 330 g/mol. The Morgan fingerprint density at radius 1 is 1.35 bits per heavy atom. The number of rotatable bonds is 4. The molecule has 1 atom stereocenters. The number of carbonyl (C=O) groups excluding carboxylic acids is 1. The van der Waals surface area contributed by atoms with Gasteiger partial charge in [0.2, 0.25) is 0 Å². The Kier molecular flexibility index (Phi) is 4.81. The topological polar surface area (TPSA) is 48.5 Å². The predicted octanol–water partition coefficient (Wildman–Crippen LogP) is 3.97. The minimum atomic E-state index is -0.123. The summed E-state index contributed by atoms with van der Waals surface area (Å²) in [4.78, 5) is 22.0. The first kappa shape index (κ1) is 15.8. The van der Waals surface area contributed by atoms with Gasteiger partial charge < -0.3 is 15.1 Å². The van der Waals surface area contributed by atoms with Crippen LogP contribution in [0.25, 0.3) is 0 Å². The molecule has 2 aromatic rings. The third kappa shape index (κ3) is 3.64. The van der Waals surface area contributed by atoms with E-state index in [1.165, 1.54) is 17.7 Å². The van der Waals surface area contributed by atoms with Crippen LogP contribution in [0.15, 0.2) is 35.8 Å². The van der Waals surface area contributed by atoms with Crippen LogP contribution < -0.4 is 10.2 Å². The van der Waals surface area contributed by atoms with Crippen LogP contribution in [0.5, 0.6) is 0 Å². The van der Waals surface area contributed by atoms with E-state index in [1.54, 1.807) is 22.4 Å². The van der Waals surface area contributed by atoms with E-state index in [4.69, 9.17) is 0 Å². The second-order valence-corrected chi connectivity index (χ2v) is 6.81. The van der Waals surface area contributed by atoms with E-state index in [0.717, 1.165) is 24.6 Å². The molecular formula is C17H22N4OS. The average Bonchev–Trinajstić information content (AvgIpc) is 3.27. The fourth-order valence-electron chi connectivity index (χ4n) is 2.70. The Balaban J connectivity index is 1.60. The smallest absolute Gasteiger partial charge is 0.322 e. The third-order valence-corrected chi connectivity index (χ3v) is 5.33. The van der Waals surface area contributed by atoms with Crippen molar-refractivity contribution < 1.29 is 4.79 Å². The van der Waals surface area contributed by atoms with Crippen LogP contribution in [-0.2, 0) is 0 Å². The van der Waals surface area contributed by atoms with Gasteiger partial charge >= 0.3 is 6.03 Å². The van der Waals surface area contributed by atoms with E-state index in [0.29, 0.717) is 0 Å². The molecule has 0 aromatic carbocycles. The number of hydrogen-bond donors (Lipinski definition) is 1. The molecule has 0 radical (unpaired) electrons. The molecule has 0 aliphatic carbocycles. The van der Waals surface area contributed by atoms with Crippen LogP contribution in [0, 0.1) is 0 Å². The summed E-state index contributed by atoms with van der Waals surface area (Å²) >= 11 is 1.66. The molecule has 5 nitrogen and oxygen atoms in total. The number of anilines is 2. The van der Waals surface area contributed by atoms with Crippen LogP contribution in [0.2, 0.25) is 0 Å². The quantitative estimate of drug-likeness (QED) is 0.923. The van der Waals surface area contributed by atoms with E-state index in [2.05, 4.69) is 15.2 Å². The summed E-state index contributed by atoms with van der Waals surface area (Å²) in [6.07, 6.45) is 4.19. The zero-order valence-electron chi connectivity index (χ0n) is 13.5. The van der Waals surface area contributed by atoms with Crippen LogP contribution in [0.3, 0.4) is 0 Å². The first-order chi connectivity index (χ1) is 11.1. The number of hydrogen-bond acceptors (Lipinski definition) is 4. The molecule has 3 heterocycles. The highest BCUT2D eigenvalue weighted by molar-refractivity contribution is 7.10. The zero-order valence-corrected chi connectivity index (χ0v) is 14.3. The molecule has 0 unspecified atom stereocenters. The SMILES string of the molecule is C[C@@H](c1cccs1)N(C)C(=O)Nc1ccc(N2CCCC2)nc1. The molecule has 2 aromatic heterocycles.